The maximum Gasteiger partial charge on any atom is 0.573 e. The van der Waals surface area contributed by atoms with E-state index >= 15 is 0 Å². The van der Waals surface area contributed by atoms with Crippen LogP contribution < -0.4 is 19.7 Å². The summed E-state index contributed by atoms with van der Waals surface area (Å²) in [5.41, 5.74) is 4.28. The Balaban J connectivity index is 1.24. The minimum Gasteiger partial charge on any atom is -0.497 e. The molecule has 1 aliphatic rings. The summed E-state index contributed by atoms with van der Waals surface area (Å²) in [6.45, 7) is 6.88. The molecule has 2 amide bonds. The number of hydrogen-bond acceptors (Lipinski definition) is 6. The van der Waals surface area contributed by atoms with E-state index < -0.39 is 12.4 Å². The molecular weight excluding hydrogens is 593 g/mol. The van der Waals surface area contributed by atoms with Crippen LogP contribution in [0, 0.1) is 0 Å². The highest BCUT2D eigenvalue weighted by Crippen LogP contribution is 2.35. The lowest BCUT2D eigenvalue weighted by molar-refractivity contribution is -0.274. The highest BCUT2D eigenvalue weighted by molar-refractivity contribution is 8.14. The van der Waals surface area contributed by atoms with E-state index in [1.807, 2.05) is 43.3 Å². The van der Waals surface area contributed by atoms with E-state index in [-0.39, 0.29) is 17.7 Å². The van der Waals surface area contributed by atoms with E-state index in [0.717, 1.165) is 40.4 Å². The predicted octanol–water partition coefficient (Wildman–Crippen LogP) is 7.34. The lowest BCUT2D eigenvalue weighted by atomic mass is 10.00. The van der Waals surface area contributed by atoms with Crippen molar-refractivity contribution < 1.29 is 27.4 Å². The summed E-state index contributed by atoms with van der Waals surface area (Å²) in [5, 5.41) is 8.03. The van der Waals surface area contributed by atoms with E-state index in [9.17, 15) is 18.0 Å². The number of halogens is 3. The Hall–Kier alpha value is -4.52. The molecule has 13 heteroatoms. The number of aromatic nitrogens is 3. The monoisotopic (exact) mass is 624 g/mol. The van der Waals surface area contributed by atoms with Gasteiger partial charge in [-0.05, 0) is 54.3 Å². The first-order valence-corrected chi connectivity index (χ1v) is 14.8. The number of hydrogen-bond donors (Lipinski definition) is 1. The zero-order valence-corrected chi connectivity index (χ0v) is 25.3. The molecule has 1 unspecified atom stereocenters. The molecule has 44 heavy (non-hydrogen) atoms. The summed E-state index contributed by atoms with van der Waals surface area (Å²) in [6, 6.07) is 18.0. The Morgan fingerprint density at radius 1 is 1.02 bits per heavy atom. The number of methoxy groups -OCH3 is 1. The Labute approximate surface area is 257 Å². The minimum absolute atomic E-state index is 0.289. The summed E-state index contributed by atoms with van der Waals surface area (Å²) in [7, 11) is 1.63. The first kappa shape index (κ1) is 30.9. The van der Waals surface area contributed by atoms with Crippen LogP contribution in [0.1, 0.15) is 43.9 Å². The summed E-state index contributed by atoms with van der Waals surface area (Å²) in [4.78, 5) is 23.8. The smallest absolute Gasteiger partial charge is 0.497 e. The number of nitrogens with one attached hydrogen (secondary N) is 1. The molecule has 230 valence electrons. The first-order chi connectivity index (χ1) is 21.0. The Morgan fingerprint density at radius 2 is 1.73 bits per heavy atom. The van der Waals surface area contributed by atoms with Crippen LogP contribution in [0.5, 0.6) is 11.5 Å². The highest BCUT2D eigenvalue weighted by Gasteiger charge is 2.31. The topological polar surface area (TPSA) is 93.9 Å². The molecule has 1 aliphatic heterocycles. The number of anilines is 1. The van der Waals surface area contributed by atoms with Crippen molar-refractivity contribution in [2.75, 3.05) is 24.3 Å². The fraction of sp³-hybridized carbons (Fsp3) is 0.290. The van der Waals surface area contributed by atoms with E-state index in [0.29, 0.717) is 16.7 Å². The molecule has 2 heterocycles. The van der Waals surface area contributed by atoms with Gasteiger partial charge in [-0.25, -0.2) is 14.5 Å². The van der Waals surface area contributed by atoms with Crippen molar-refractivity contribution in [1.29, 1.82) is 0 Å². The van der Waals surface area contributed by atoms with Gasteiger partial charge in [0.25, 0.3) is 0 Å². The third-order valence-electron chi connectivity index (χ3n) is 6.96. The van der Waals surface area contributed by atoms with Gasteiger partial charge in [0.2, 0.25) is 0 Å². The van der Waals surface area contributed by atoms with Crippen LogP contribution in [0.25, 0.3) is 17.1 Å². The molecule has 4 aromatic rings. The SMILES string of the molecule is COc1ccc(C(C)C)c(N2CCS/C2=N\C(=O)NC(C)c2ccc(-c3ncn(-c4ccc(OC(F)(F)F)cc4)n3)cc2)c1. The first-order valence-electron chi connectivity index (χ1n) is 13.9. The van der Waals surface area contributed by atoms with E-state index in [1.54, 1.807) is 18.9 Å². The summed E-state index contributed by atoms with van der Waals surface area (Å²) in [6.07, 6.45) is -3.28. The summed E-state index contributed by atoms with van der Waals surface area (Å²) in [5.74, 6) is 1.97. The van der Waals surface area contributed by atoms with Gasteiger partial charge in [0.05, 0.1) is 18.8 Å². The number of rotatable bonds is 8. The Bertz CT molecular complexity index is 1640. The molecule has 0 aliphatic carbocycles. The second kappa shape index (κ2) is 13.0. The molecule has 0 spiro atoms. The number of carbonyl (C=O) groups excluding carboxylic acids is 1. The van der Waals surface area contributed by atoms with Crippen molar-refractivity contribution >= 4 is 28.6 Å². The van der Waals surface area contributed by atoms with Crippen LogP contribution in [0.2, 0.25) is 0 Å². The second-order valence-electron chi connectivity index (χ2n) is 10.3. The third kappa shape index (κ3) is 7.33. The average Bonchev–Trinajstić information content (AvgIpc) is 3.67. The number of benzene rings is 3. The van der Waals surface area contributed by atoms with E-state index in [4.69, 9.17) is 4.74 Å². The highest BCUT2D eigenvalue weighted by atomic mass is 32.2. The van der Waals surface area contributed by atoms with E-state index in [1.165, 1.54) is 35.3 Å². The van der Waals surface area contributed by atoms with Gasteiger partial charge in [-0.3, -0.25) is 0 Å². The molecule has 1 aromatic heterocycles. The van der Waals surface area contributed by atoms with Crippen molar-refractivity contribution in [1.82, 2.24) is 20.1 Å². The van der Waals surface area contributed by atoms with Gasteiger partial charge in [-0.15, -0.1) is 18.3 Å². The molecule has 1 atom stereocenters. The van der Waals surface area contributed by atoms with Crippen LogP contribution in [0.4, 0.5) is 23.7 Å². The normalized spacial score (nSPS) is 15.1. The molecular formula is C31H31F3N6O3S. The fourth-order valence-corrected chi connectivity index (χ4v) is 5.67. The number of carbonyl (C=O) groups is 1. The van der Waals surface area contributed by atoms with Gasteiger partial charge in [0, 0.05) is 29.6 Å². The number of aliphatic imine (C=N–C) groups is 1. The van der Waals surface area contributed by atoms with Crippen LogP contribution in [-0.2, 0) is 0 Å². The number of nitrogens with zero attached hydrogens (tertiary/aromatic N) is 5. The van der Waals surface area contributed by atoms with Gasteiger partial charge >= 0.3 is 12.4 Å². The number of alkyl halides is 3. The zero-order valence-electron chi connectivity index (χ0n) is 24.5. The Morgan fingerprint density at radius 3 is 2.39 bits per heavy atom. The number of amides is 2. The van der Waals surface area contributed by atoms with Crippen molar-refractivity contribution in [2.24, 2.45) is 4.99 Å². The summed E-state index contributed by atoms with van der Waals surface area (Å²) < 4.78 is 48.1. The zero-order chi connectivity index (χ0) is 31.4. The quantitative estimate of drug-likeness (QED) is 0.219. The molecule has 0 bridgehead atoms. The minimum atomic E-state index is -4.76. The molecule has 5 rings (SSSR count). The van der Waals surface area contributed by atoms with Crippen molar-refractivity contribution in [2.45, 2.75) is 39.1 Å². The molecule has 0 radical (unpaired) electrons. The average molecular weight is 625 g/mol. The molecule has 1 saturated heterocycles. The number of amidine groups is 1. The number of urea groups is 1. The molecule has 0 saturated carbocycles. The third-order valence-corrected chi connectivity index (χ3v) is 7.92. The van der Waals surface area contributed by atoms with Crippen LogP contribution in [0.3, 0.4) is 0 Å². The molecule has 3 aromatic carbocycles. The lowest BCUT2D eigenvalue weighted by Gasteiger charge is -2.24. The number of thioether (sulfide) groups is 1. The van der Waals surface area contributed by atoms with Gasteiger partial charge in [-0.2, -0.15) is 4.99 Å². The van der Waals surface area contributed by atoms with Crippen molar-refractivity contribution in [3.05, 3.63) is 84.2 Å². The maximum atomic E-state index is 13.0. The fourth-order valence-electron chi connectivity index (χ4n) is 4.72. The van der Waals surface area contributed by atoms with Gasteiger partial charge in [0.1, 0.15) is 17.8 Å². The molecule has 1 N–H and O–H groups in total. The van der Waals surface area contributed by atoms with Gasteiger partial charge in [0.15, 0.2) is 11.0 Å². The van der Waals surface area contributed by atoms with Crippen LogP contribution >= 0.6 is 11.8 Å². The Kier molecular flexibility index (Phi) is 9.14. The standard InChI is InChI=1S/C31H31F3N6O3S/c1-19(2)26-14-13-25(42-4)17-27(26)39-15-16-44-30(39)37-29(41)36-20(3)21-5-7-22(8-6-21)28-35-18-40(38-28)23-9-11-24(12-10-23)43-31(32,33)34/h5-14,17-20H,15-16H2,1-4H3,(H,36,41)/b37-30-. The van der Waals surface area contributed by atoms with E-state index in [2.05, 4.69) is 49.9 Å². The second-order valence-corrected chi connectivity index (χ2v) is 11.4. The molecule has 1 fully saturated rings. The predicted molar refractivity (Wildman–Crippen MR) is 165 cm³/mol. The van der Waals surface area contributed by atoms with Gasteiger partial charge < -0.3 is 19.7 Å². The summed E-state index contributed by atoms with van der Waals surface area (Å²) >= 11 is 1.54. The molecule has 9 nitrogen and oxygen atoms in total. The maximum absolute atomic E-state index is 13.0. The van der Waals surface area contributed by atoms with Crippen molar-refractivity contribution in [3.63, 3.8) is 0 Å². The lowest BCUT2D eigenvalue weighted by Crippen LogP contribution is -2.29. The number of ether oxygens (including phenoxy) is 2. The largest absolute Gasteiger partial charge is 0.573 e. The van der Waals surface area contributed by atoms with Crippen LogP contribution in [0.15, 0.2) is 78.0 Å². The van der Waals surface area contributed by atoms with Crippen LogP contribution in [-0.4, -0.2) is 51.7 Å². The van der Waals surface area contributed by atoms with Crippen molar-refractivity contribution in [3.8, 4) is 28.6 Å². The van der Waals surface area contributed by atoms with Gasteiger partial charge in [-0.1, -0.05) is 55.9 Å².